The van der Waals surface area contributed by atoms with Crippen molar-refractivity contribution in [3.05, 3.63) is 29.6 Å². The maximum Gasteiger partial charge on any atom is 0.224 e. The molecule has 2 aromatic heterocycles. The van der Waals surface area contributed by atoms with Gasteiger partial charge in [-0.1, -0.05) is 0 Å². The highest BCUT2D eigenvalue weighted by Crippen LogP contribution is 2.20. The van der Waals surface area contributed by atoms with Crippen molar-refractivity contribution in [2.24, 2.45) is 0 Å². The number of anilines is 2. The Labute approximate surface area is 106 Å². The molecule has 2 heterocycles. The van der Waals surface area contributed by atoms with Crippen molar-refractivity contribution in [3.63, 3.8) is 0 Å². The van der Waals surface area contributed by atoms with Gasteiger partial charge in [-0.15, -0.1) is 0 Å². The van der Waals surface area contributed by atoms with Gasteiger partial charge in [0.25, 0.3) is 0 Å². The van der Waals surface area contributed by atoms with Crippen LogP contribution in [0.25, 0.3) is 0 Å². The van der Waals surface area contributed by atoms with Crippen LogP contribution in [0.1, 0.15) is 30.2 Å². The lowest BCUT2D eigenvalue weighted by atomic mass is 10.3. The lowest BCUT2D eigenvalue weighted by molar-refractivity contribution is 0.453. The van der Waals surface area contributed by atoms with Crippen molar-refractivity contribution in [1.29, 1.82) is 0 Å². The van der Waals surface area contributed by atoms with Gasteiger partial charge in [-0.25, -0.2) is 9.97 Å². The van der Waals surface area contributed by atoms with E-state index in [0.29, 0.717) is 11.8 Å². The summed E-state index contributed by atoms with van der Waals surface area (Å²) >= 11 is 0. The molecule has 0 spiro atoms. The number of hydrogen-bond acceptors (Lipinski definition) is 6. The molecule has 0 saturated heterocycles. The van der Waals surface area contributed by atoms with Crippen LogP contribution in [-0.4, -0.2) is 22.0 Å². The number of rotatable bonds is 4. The zero-order valence-corrected chi connectivity index (χ0v) is 11.0. The molecule has 1 unspecified atom stereocenters. The smallest absolute Gasteiger partial charge is 0.224 e. The molecular weight excluding hydrogens is 230 g/mol. The molecule has 0 amide bonds. The van der Waals surface area contributed by atoms with E-state index in [1.54, 1.807) is 19.4 Å². The van der Waals surface area contributed by atoms with Crippen LogP contribution in [0.2, 0.25) is 0 Å². The standard InChI is InChI=1S/C12H17N5O/c1-7-5-15-12(13-4)17-10(7)16-9(3)11-14-6-8(2)18-11/h5-6,9H,1-4H3,(H2,13,15,16,17). The van der Waals surface area contributed by atoms with Gasteiger partial charge in [-0.05, 0) is 20.8 Å². The largest absolute Gasteiger partial charge is 0.444 e. The predicted molar refractivity (Wildman–Crippen MR) is 69.6 cm³/mol. The van der Waals surface area contributed by atoms with Gasteiger partial charge >= 0.3 is 0 Å². The van der Waals surface area contributed by atoms with E-state index in [1.165, 1.54) is 0 Å². The van der Waals surface area contributed by atoms with Crippen molar-refractivity contribution in [2.45, 2.75) is 26.8 Å². The van der Waals surface area contributed by atoms with Crippen LogP contribution in [0.3, 0.4) is 0 Å². The lowest BCUT2D eigenvalue weighted by Gasteiger charge is -2.13. The topological polar surface area (TPSA) is 75.9 Å². The van der Waals surface area contributed by atoms with Gasteiger partial charge in [-0.2, -0.15) is 4.98 Å². The fourth-order valence-corrected chi connectivity index (χ4v) is 1.55. The van der Waals surface area contributed by atoms with E-state index in [2.05, 4.69) is 25.6 Å². The molecule has 2 aromatic rings. The number of aromatic nitrogens is 3. The Hall–Kier alpha value is -2.11. The molecule has 1 atom stereocenters. The van der Waals surface area contributed by atoms with Gasteiger partial charge in [0.1, 0.15) is 17.6 Å². The Balaban J connectivity index is 2.18. The monoisotopic (exact) mass is 247 g/mol. The third-order valence-corrected chi connectivity index (χ3v) is 2.56. The second kappa shape index (κ2) is 5.03. The fraction of sp³-hybridized carbons (Fsp3) is 0.417. The Morgan fingerprint density at radius 1 is 1.22 bits per heavy atom. The molecule has 0 aromatic carbocycles. The molecule has 0 radical (unpaired) electrons. The van der Waals surface area contributed by atoms with Crippen LogP contribution < -0.4 is 10.6 Å². The molecule has 18 heavy (non-hydrogen) atoms. The van der Waals surface area contributed by atoms with Gasteiger partial charge in [0, 0.05) is 18.8 Å². The summed E-state index contributed by atoms with van der Waals surface area (Å²) in [7, 11) is 1.79. The predicted octanol–water partition coefficient (Wildman–Crippen LogP) is 2.30. The van der Waals surface area contributed by atoms with Crippen LogP contribution >= 0.6 is 0 Å². The van der Waals surface area contributed by atoms with Crippen molar-refractivity contribution >= 4 is 11.8 Å². The van der Waals surface area contributed by atoms with E-state index in [-0.39, 0.29) is 6.04 Å². The molecule has 0 aliphatic heterocycles. The maximum atomic E-state index is 5.48. The minimum absolute atomic E-state index is 0.0444. The first-order chi connectivity index (χ1) is 8.60. The van der Waals surface area contributed by atoms with Crippen LogP contribution in [0.4, 0.5) is 11.8 Å². The first-order valence-electron chi connectivity index (χ1n) is 5.80. The minimum Gasteiger partial charge on any atom is -0.444 e. The molecule has 0 aliphatic rings. The summed E-state index contributed by atoms with van der Waals surface area (Å²) in [4.78, 5) is 12.7. The number of nitrogens with zero attached hydrogens (tertiary/aromatic N) is 3. The zero-order valence-electron chi connectivity index (χ0n) is 11.0. The van der Waals surface area contributed by atoms with Gasteiger partial charge in [0.15, 0.2) is 0 Å². The summed E-state index contributed by atoms with van der Waals surface area (Å²) in [5, 5.41) is 6.18. The van der Waals surface area contributed by atoms with Crippen LogP contribution in [0, 0.1) is 13.8 Å². The second-order valence-electron chi connectivity index (χ2n) is 4.15. The molecule has 0 bridgehead atoms. The fourth-order valence-electron chi connectivity index (χ4n) is 1.55. The second-order valence-corrected chi connectivity index (χ2v) is 4.15. The lowest BCUT2D eigenvalue weighted by Crippen LogP contribution is -2.11. The number of oxazole rings is 1. The number of aryl methyl sites for hydroxylation is 2. The molecule has 2 rings (SSSR count). The molecule has 0 aliphatic carbocycles. The molecule has 6 nitrogen and oxygen atoms in total. The number of nitrogens with one attached hydrogen (secondary N) is 2. The Kier molecular flexibility index (Phi) is 3.45. The summed E-state index contributed by atoms with van der Waals surface area (Å²) in [5.41, 5.74) is 0.976. The normalized spacial score (nSPS) is 12.2. The van der Waals surface area contributed by atoms with Crippen molar-refractivity contribution in [3.8, 4) is 0 Å². The summed E-state index contributed by atoms with van der Waals surface area (Å²) in [5.74, 6) is 2.81. The van der Waals surface area contributed by atoms with Gasteiger partial charge in [0.2, 0.25) is 11.8 Å². The van der Waals surface area contributed by atoms with Crippen LogP contribution in [0.5, 0.6) is 0 Å². The van der Waals surface area contributed by atoms with E-state index in [9.17, 15) is 0 Å². The van der Waals surface area contributed by atoms with Gasteiger partial charge in [0.05, 0.1) is 6.20 Å². The van der Waals surface area contributed by atoms with Crippen molar-refractivity contribution in [2.75, 3.05) is 17.7 Å². The highest BCUT2D eigenvalue weighted by atomic mass is 16.4. The van der Waals surface area contributed by atoms with E-state index < -0.39 is 0 Å². The summed E-state index contributed by atoms with van der Waals surface area (Å²) < 4.78 is 5.48. The Morgan fingerprint density at radius 3 is 2.61 bits per heavy atom. The highest BCUT2D eigenvalue weighted by molar-refractivity contribution is 5.47. The average Bonchev–Trinajstić information content (AvgIpc) is 2.79. The van der Waals surface area contributed by atoms with Gasteiger partial charge < -0.3 is 15.1 Å². The quantitative estimate of drug-likeness (QED) is 0.863. The number of hydrogen-bond donors (Lipinski definition) is 2. The molecule has 0 saturated carbocycles. The van der Waals surface area contributed by atoms with E-state index in [0.717, 1.165) is 17.1 Å². The summed E-state index contributed by atoms with van der Waals surface area (Å²) in [6, 6.07) is -0.0444. The average molecular weight is 247 g/mol. The molecule has 2 N–H and O–H groups in total. The van der Waals surface area contributed by atoms with E-state index in [1.807, 2.05) is 20.8 Å². The van der Waals surface area contributed by atoms with Crippen LogP contribution in [0.15, 0.2) is 16.8 Å². The summed E-state index contributed by atoms with van der Waals surface area (Å²) in [6.07, 6.45) is 3.48. The Morgan fingerprint density at radius 2 is 2.00 bits per heavy atom. The van der Waals surface area contributed by atoms with Crippen LogP contribution in [-0.2, 0) is 0 Å². The molecule has 0 fully saturated rings. The Bertz CT molecular complexity index is 537. The van der Waals surface area contributed by atoms with Crippen molar-refractivity contribution < 1.29 is 4.42 Å². The van der Waals surface area contributed by atoms with Gasteiger partial charge in [-0.3, -0.25) is 0 Å². The first-order valence-corrected chi connectivity index (χ1v) is 5.80. The first kappa shape index (κ1) is 12.3. The zero-order chi connectivity index (χ0) is 13.1. The van der Waals surface area contributed by atoms with E-state index >= 15 is 0 Å². The third kappa shape index (κ3) is 2.58. The summed E-state index contributed by atoms with van der Waals surface area (Å²) in [6.45, 7) is 5.81. The van der Waals surface area contributed by atoms with Crippen molar-refractivity contribution in [1.82, 2.24) is 15.0 Å². The molecule has 96 valence electrons. The molecular formula is C12H17N5O. The third-order valence-electron chi connectivity index (χ3n) is 2.56. The SMILES string of the molecule is CNc1ncc(C)c(NC(C)c2ncc(C)o2)n1. The van der Waals surface area contributed by atoms with E-state index in [4.69, 9.17) is 4.42 Å². The minimum atomic E-state index is -0.0444. The molecule has 6 heteroatoms. The maximum absolute atomic E-state index is 5.48. The highest BCUT2D eigenvalue weighted by Gasteiger charge is 2.13.